The molecule has 5 heteroatoms. The number of hydrogen-bond donors (Lipinski definition) is 0. The molecule has 0 atom stereocenters. The minimum atomic E-state index is 0.256. The molecule has 0 unspecified atom stereocenters. The largest absolute Gasteiger partial charge is 0.454 e. The van der Waals surface area contributed by atoms with Crippen LogP contribution >= 0.6 is 22.6 Å². The summed E-state index contributed by atoms with van der Waals surface area (Å²) in [6.07, 6.45) is 1.73. The molecule has 21 heavy (non-hydrogen) atoms. The Morgan fingerprint density at radius 3 is 2.57 bits per heavy atom. The zero-order chi connectivity index (χ0) is 14.2. The Morgan fingerprint density at radius 1 is 1.00 bits per heavy atom. The van der Waals surface area contributed by atoms with Crippen molar-refractivity contribution in [2.45, 2.75) is 0 Å². The third-order valence-electron chi connectivity index (χ3n) is 3.25. The number of hydrogen-bond acceptors (Lipinski definition) is 4. The normalized spacial score (nSPS) is 12.6. The Kier molecular flexibility index (Phi) is 3.07. The minimum absolute atomic E-state index is 0.256. The second kappa shape index (κ2) is 5.07. The van der Waals surface area contributed by atoms with Crippen LogP contribution in [-0.4, -0.2) is 11.8 Å². The highest BCUT2D eigenvalue weighted by molar-refractivity contribution is 14.1. The van der Waals surface area contributed by atoms with E-state index in [1.54, 1.807) is 6.20 Å². The van der Waals surface area contributed by atoms with Gasteiger partial charge in [-0.15, -0.1) is 0 Å². The van der Waals surface area contributed by atoms with E-state index in [0.717, 1.165) is 31.6 Å². The number of nitrogens with zero attached hydrogens (tertiary/aromatic N) is 1. The van der Waals surface area contributed by atoms with Crippen molar-refractivity contribution in [1.82, 2.24) is 4.98 Å². The number of rotatable bonds is 2. The van der Waals surface area contributed by atoms with Gasteiger partial charge >= 0.3 is 0 Å². The van der Waals surface area contributed by atoms with Crippen LogP contribution < -0.4 is 14.2 Å². The van der Waals surface area contributed by atoms with Crippen LogP contribution in [0.4, 0.5) is 0 Å². The van der Waals surface area contributed by atoms with Crippen molar-refractivity contribution in [3.05, 3.63) is 52.2 Å². The average molecular weight is 391 g/mol. The van der Waals surface area contributed by atoms with E-state index in [-0.39, 0.29) is 6.79 Å². The molecule has 0 saturated heterocycles. The standard InChI is InChI=1S/C16H10INO3/c17-11-1-3-12(4-2-11)21-16-13-8-15-14(19-9-20-15)7-10(13)5-6-18-16/h1-8H,9H2. The van der Waals surface area contributed by atoms with E-state index in [2.05, 4.69) is 27.6 Å². The first-order valence-electron chi connectivity index (χ1n) is 6.41. The van der Waals surface area contributed by atoms with Crippen molar-refractivity contribution in [1.29, 1.82) is 0 Å². The molecule has 2 heterocycles. The van der Waals surface area contributed by atoms with Crippen LogP contribution in [-0.2, 0) is 0 Å². The van der Waals surface area contributed by atoms with Crippen LogP contribution in [0, 0.1) is 3.57 Å². The molecule has 104 valence electrons. The molecule has 0 fully saturated rings. The number of halogens is 1. The van der Waals surface area contributed by atoms with Crippen molar-refractivity contribution >= 4 is 33.4 Å². The SMILES string of the molecule is Ic1ccc(Oc2nccc3cc4c(cc23)OCO4)cc1. The highest BCUT2D eigenvalue weighted by Gasteiger charge is 2.16. The Labute approximate surface area is 134 Å². The van der Waals surface area contributed by atoms with Crippen LogP contribution in [0.25, 0.3) is 10.8 Å². The van der Waals surface area contributed by atoms with E-state index in [4.69, 9.17) is 14.2 Å². The van der Waals surface area contributed by atoms with Crippen molar-refractivity contribution < 1.29 is 14.2 Å². The first-order chi connectivity index (χ1) is 10.3. The Balaban J connectivity index is 1.79. The number of aromatic nitrogens is 1. The summed E-state index contributed by atoms with van der Waals surface area (Å²) in [7, 11) is 0. The fourth-order valence-corrected chi connectivity index (χ4v) is 2.59. The van der Waals surface area contributed by atoms with Gasteiger partial charge in [-0.3, -0.25) is 0 Å². The van der Waals surface area contributed by atoms with Crippen molar-refractivity contribution in [2.24, 2.45) is 0 Å². The monoisotopic (exact) mass is 391 g/mol. The number of fused-ring (bicyclic) bond motifs is 2. The summed E-state index contributed by atoms with van der Waals surface area (Å²) in [5.74, 6) is 2.80. The van der Waals surface area contributed by atoms with Gasteiger partial charge in [-0.25, -0.2) is 4.98 Å². The summed E-state index contributed by atoms with van der Waals surface area (Å²) in [6, 6.07) is 13.6. The number of ether oxygens (including phenoxy) is 3. The maximum absolute atomic E-state index is 5.90. The highest BCUT2D eigenvalue weighted by Crippen LogP contribution is 2.39. The molecule has 1 aromatic heterocycles. The van der Waals surface area contributed by atoms with Gasteiger partial charge in [0.15, 0.2) is 11.5 Å². The zero-order valence-electron chi connectivity index (χ0n) is 10.9. The zero-order valence-corrected chi connectivity index (χ0v) is 13.0. The van der Waals surface area contributed by atoms with Gasteiger partial charge in [0.2, 0.25) is 12.7 Å². The van der Waals surface area contributed by atoms with Gasteiger partial charge < -0.3 is 14.2 Å². The predicted octanol–water partition coefficient (Wildman–Crippen LogP) is 4.36. The van der Waals surface area contributed by atoms with E-state index in [0.29, 0.717) is 5.88 Å². The van der Waals surface area contributed by atoms with Gasteiger partial charge in [-0.1, -0.05) is 0 Å². The third kappa shape index (κ3) is 2.37. The molecule has 0 amide bonds. The van der Waals surface area contributed by atoms with Gasteiger partial charge in [-0.05, 0) is 70.4 Å². The minimum Gasteiger partial charge on any atom is -0.454 e. The fraction of sp³-hybridized carbons (Fsp3) is 0.0625. The summed E-state index contributed by atoms with van der Waals surface area (Å²) in [5, 5.41) is 1.91. The molecule has 0 N–H and O–H groups in total. The van der Waals surface area contributed by atoms with E-state index in [1.165, 1.54) is 0 Å². The quantitative estimate of drug-likeness (QED) is 0.609. The fourth-order valence-electron chi connectivity index (χ4n) is 2.23. The Hall–Kier alpha value is -2.02. The van der Waals surface area contributed by atoms with E-state index >= 15 is 0 Å². The van der Waals surface area contributed by atoms with E-state index < -0.39 is 0 Å². The Bertz CT molecular complexity index is 818. The van der Waals surface area contributed by atoms with Crippen LogP contribution in [0.1, 0.15) is 0 Å². The molecule has 3 aromatic rings. The van der Waals surface area contributed by atoms with Crippen LogP contribution in [0.5, 0.6) is 23.1 Å². The molecular formula is C16H10INO3. The van der Waals surface area contributed by atoms with Crippen LogP contribution in [0.2, 0.25) is 0 Å². The summed E-state index contributed by atoms with van der Waals surface area (Å²) < 4.78 is 17.9. The second-order valence-corrected chi connectivity index (χ2v) is 5.84. The molecular weight excluding hydrogens is 381 g/mol. The lowest BCUT2D eigenvalue weighted by atomic mass is 10.1. The smallest absolute Gasteiger partial charge is 0.231 e. The lowest BCUT2D eigenvalue weighted by molar-refractivity contribution is 0.174. The summed E-state index contributed by atoms with van der Waals surface area (Å²) >= 11 is 2.26. The lowest BCUT2D eigenvalue weighted by Crippen LogP contribution is -1.92. The molecule has 1 aliphatic rings. The van der Waals surface area contributed by atoms with Gasteiger partial charge in [0, 0.05) is 15.2 Å². The van der Waals surface area contributed by atoms with Crippen molar-refractivity contribution in [3.8, 4) is 23.1 Å². The van der Waals surface area contributed by atoms with Crippen LogP contribution in [0.3, 0.4) is 0 Å². The topological polar surface area (TPSA) is 40.6 Å². The highest BCUT2D eigenvalue weighted by atomic mass is 127. The molecule has 0 bridgehead atoms. The van der Waals surface area contributed by atoms with Gasteiger partial charge in [0.05, 0.1) is 0 Å². The van der Waals surface area contributed by atoms with Crippen molar-refractivity contribution in [2.75, 3.05) is 6.79 Å². The van der Waals surface area contributed by atoms with E-state index in [9.17, 15) is 0 Å². The molecule has 0 aliphatic carbocycles. The maximum Gasteiger partial charge on any atom is 0.231 e. The molecule has 0 saturated carbocycles. The molecule has 0 spiro atoms. The van der Waals surface area contributed by atoms with Crippen LogP contribution in [0.15, 0.2) is 48.7 Å². The lowest BCUT2D eigenvalue weighted by Gasteiger charge is -2.08. The van der Waals surface area contributed by atoms with E-state index in [1.807, 2.05) is 42.5 Å². The van der Waals surface area contributed by atoms with Gasteiger partial charge in [-0.2, -0.15) is 0 Å². The van der Waals surface area contributed by atoms with Crippen molar-refractivity contribution in [3.63, 3.8) is 0 Å². The maximum atomic E-state index is 5.90. The van der Waals surface area contributed by atoms with Gasteiger partial charge in [0.1, 0.15) is 5.75 Å². The summed E-state index contributed by atoms with van der Waals surface area (Å²) in [6.45, 7) is 0.256. The average Bonchev–Trinajstić information content (AvgIpc) is 2.95. The first-order valence-corrected chi connectivity index (χ1v) is 7.49. The molecule has 4 nitrogen and oxygen atoms in total. The molecule has 4 rings (SSSR count). The first kappa shape index (κ1) is 12.7. The second-order valence-electron chi connectivity index (χ2n) is 4.60. The van der Waals surface area contributed by atoms with Gasteiger partial charge in [0.25, 0.3) is 0 Å². The predicted molar refractivity (Wildman–Crippen MR) is 87.1 cm³/mol. The molecule has 0 radical (unpaired) electrons. The summed E-state index contributed by atoms with van der Waals surface area (Å²) in [5.41, 5.74) is 0. The number of benzene rings is 2. The number of pyridine rings is 1. The molecule has 1 aliphatic heterocycles. The third-order valence-corrected chi connectivity index (χ3v) is 3.97. The Morgan fingerprint density at radius 2 is 1.76 bits per heavy atom. The summed E-state index contributed by atoms with van der Waals surface area (Å²) in [4.78, 5) is 4.33. The molecule has 2 aromatic carbocycles.